The molecule has 1 N–H and O–H groups in total. The monoisotopic (exact) mass is 333 g/mol. The van der Waals surface area contributed by atoms with E-state index in [2.05, 4.69) is 5.32 Å². The van der Waals surface area contributed by atoms with Gasteiger partial charge in [0.05, 0.1) is 5.25 Å². The van der Waals surface area contributed by atoms with Crippen molar-refractivity contribution < 1.29 is 9.00 Å². The van der Waals surface area contributed by atoms with Gasteiger partial charge in [0.15, 0.2) is 0 Å². The summed E-state index contributed by atoms with van der Waals surface area (Å²) in [5, 5.41) is 3.99. The molecule has 0 aliphatic heterocycles. The average Bonchev–Trinajstić information content (AvgIpc) is 2.78. The Balaban J connectivity index is 1.99. The van der Waals surface area contributed by atoms with Gasteiger partial charge in [-0.2, -0.15) is 0 Å². The molecular weight excluding hydrogens is 317 g/mol. The van der Waals surface area contributed by atoms with E-state index in [-0.39, 0.29) is 11.2 Å². The average molecular weight is 334 g/mol. The zero-order valence-electron chi connectivity index (χ0n) is 11.2. The van der Waals surface area contributed by atoms with E-state index in [1.807, 2.05) is 6.07 Å². The fourth-order valence-corrected chi connectivity index (χ4v) is 4.69. The summed E-state index contributed by atoms with van der Waals surface area (Å²) in [6, 6.07) is 3.62. The number of rotatable bonds is 5. The van der Waals surface area contributed by atoms with Crippen molar-refractivity contribution in [2.24, 2.45) is 0 Å². The summed E-state index contributed by atoms with van der Waals surface area (Å²) < 4.78 is 12.4. The number of nitrogens with one attached hydrogen (secondary N) is 1. The van der Waals surface area contributed by atoms with Crippen LogP contribution in [0.4, 0.5) is 0 Å². The Morgan fingerprint density at radius 1 is 1.45 bits per heavy atom. The van der Waals surface area contributed by atoms with Crippen molar-refractivity contribution >= 4 is 39.9 Å². The van der Waals surface area contributed by atoms with Gasteiger partial charge in [-0.3, -0.25) is 9.00 Å². The lowest BCUT2D eigenvalue weighted by Crippen LogP contribution is -2.22. The van der Waals surface area contributed by atoms with Gasteiger partial charge in [0.2, 0.25) is 5.91 Å². The first kappa shape index (κ1) is 15.8. The highest BCUT2D eigenvalue weighted by atomic mass is 35.5. The molecule has 0 spiro atoms. The Morgan fingerprint density at radius 2 is 2.20 bits per heavy atom. The molecule has 1 aliphatic carbocycles. The van der Waals surface area contributed by atoms with E-state index in [0.29, 0.717) is 28.8 Å². The highest BCUT2D eigenvalue weighted by Crippen LogP contribution is 2.41. The highest BCUT2D eigenvalue weighted by Gasteiger charge is 2.29. The molecule has 110 valence electrons. The number of halogens is 2. The Bertz CT molecular complexity index is 548. The smallest absolute Gasteiger partial charge is 0.216 e. The molecule has 20 heavy (non-hydrogen) atoms. The summed E-state index contributed by atoms with van der Waals surface area (Å²) in [6.07, 6.45) is 2.42. The second kappa shape index (κ2) is 6.92. The van der Waals surface area contributed by atoms with Crippen LogP contribution in [0.3, 0.4) is 0 Å². The minimum absolute atomic E-state index is 0.0125. The first-order valence-electron chi connectivity index (χ1n) is 6.58. The third kappa shape index (κ3) is 3.74. The van der Waals surface area contributed by atoms with E-state index < -0.39 is 10.8 Å². The molecule has 0 heterocycles. The lowest BCUT2D eigenvalue weighted by molar-refractivity contribution is -0.118. The summed E-state index contributed by atoms with van der Waals surface area (Å²) >= 11 is 12.2. The van der Waals surface area contributed by atoms with Crippen molar-refractivity contribution in [3.05, 3.63) is 33.3 Å². The van der Waals surface area contributed by atoms with E-state index in [1.54, 1.807) is 6.07 Å². The largest absolute Gasteiger partial charge is 0.356 e. The number of carbonyl (C=O) groups is 1. The standard InChI is InChI=1S/C14H17Cl2NO2S/c1-9(18)17-5-2-6-20(19)14-4-3-11-12(14)7-10(15)8-13(11)16/h7-8,14H,2-6H2,1H3,(H,17,18)/t14-,20+/m0/s1. The Labute approximate surface area is 131 Å². The summed E-state index contributed by atoms with van der Waals surface area (Å²) in [6.45, 7) is 2.05. The molecule has 0 saturated carbocycles. The normalized spacial score (nSPS) is 18.6. The van der Waals surface area contributed by atoms with E-state index >= 15 is 0 Å². The van der Waals surface area contributed by atoms with Crippen molar-refractivity contribution in [2.45, 2.75) is 31.4 Å². The molecule has 0 aromatic heterocycles. The maximum Gasteiger partial charge on any atom is 0.216 e. The van der Waals surface area contributed by atoms with Crippen molar-refractivity contribution in [2.75, 3.05) is 12.3 Å². The quantitative estimate of drug-likeness (QED) is 0.840. The molecule has 2 atom stereocenters. The van der Waals surface area contributed by atoms with Gasteiger partial charge in [-0.15, -0.1) is 0 Å². The summed E-state index contributed by atoms with van der Waals surface area (Å²) in [7, 11) is -0.957. The molecule has 1 aromatic rings. The van der Waals surface area contributed by atoms with Crippen LogP contribution in [-0.2, 0) is 22.0 Å². The van der Waals surface area contributed by atoms with Crippen LogP contribution < -0.4 is 5.32 Å². The SMILES string of the molecule is CC(=O)NCCC[S@@](=O)[C@H]1CCc2c(Cl)cc(Cl)cc21. The Morgan fingerprint density at radius 3 is 2.90 bits per heavy atom. The number of carbonyl (C=O) groups excluding carboxylic acids is 1. The molecule has 1 aliphatic rings. The van der Waals surface area contributed by atoms with Crippen LogP contribution in [-0.4, -0.2) is 22.4 Å². The number of amides is 1. The molecule has 0 fully saturated rings. The summed E-state index contributed by atoms with van der Waals surface area (Å²) in [5.74, 6) is 0.523. The zero-order chi connectivity index (χ0) is 14.7. The molecule has 0 bridgehead atoms. The van der Waals surface area contributed by atoms with E-state index in [0.717, 1.165) is 24.0 Å². The fraction of sp³-hybridized carbons (Fsp3) is 0.500. The van der Waals surface area contributed by atoms with E-state index in [9.17, 15) is 9.00 Å². The number of fused-ring (bicyclic) bond motifs is 1. The predicted molar refractivity (Wildman–Crippen MR) is 83.8 cm³/mol. The lowest BCUT2D eigenvalue weighted by Gasteiger charge is -2.12. The molecule has 6 heteroatoms. The Hall–Kier alpha value is -0.580. The molecule has 0 unspecified atom stereocenters. The second-order valence-corrected chi connectivity index (χ2v) is 7.49. The number of benzene rings is 1. The van der Waals surface area contributed by atoms with Crippen LogP contribution >= 0.6 is 23.2 Å². The zero-order valence-corrected chi connectivity index (χ0v) is 13.6. The lowest BCUT2D eigenvalue weighted by atomic mass is 10.1. The van der Waals surface area contributed by atoms with Gasteiger partial charge in [0, 0.05) is 40.1 Å². The molecular formula is C14H17Cl2NO2S. The first-order chi connectivity index (χ1) is 9.49. The third-order valence-electron chi connectivity index (χ3n) is 3.41. The topological polar surface area (TPSA) is 46.2 Å². The van der Waals surface area contributed by atoms with Gasteiger partial charge in [0.25, 0.3) is 0 Å². The molecule has 1 aromatic carbocycles. The highest BCUT2D eigenvalue weighted by molar-refractivity contribution is 7.85. The van der Waals surface area contributed by atoms with Gasteiger partial charge >= 0.3 is 0 Å². The molecule has 1 amide bonds. The van der Waals surface area contributed by atoms with Gasteiger partial charge < -0.3 is 5.32 Å². The summed E-state index contributed by atoms with van der Waals surface area (Å²) in [5.41, 5.74) is 2.11. The maximum absolute atomic E-state index is 12.4. The fourth-order valence-electron chi connectivity index (χ4n) is 2.50. The van der Waals surface area contributed by atoms with E-state index in [4.69, 9.17) is 23.2 Å². The number of hydrogen-bond acceptors (Lipinski definition) is 2. The van der Waals surface area contributed by atoms with Gasteiger partial charge in [0.1, 0.15) is 0 Å². The van der Waals surface area contributed by atoms with Crippen molar-refractivity contribution in [1.82, 2.24) is 5.32 Å². The molecule has 2 rings (SSSR count). The van der Waals surface area contributed by atoms with Crippen LogP contribution in [0.1, 0.15) is 36.1 Å². The number of hydrogen-bond donors (Lipinski definition) is 1. The van der Waals surface area contributed by atoms with E-state index in [1.165, 1.54) is 6.92 Å². The van der Waals surface area contributed by atoms with Gasteiger partial charge in [-0.05, 0) is 42.5 Å². The predicted octanol–water partition coefficient (Wildman–Crippen LogP) is 3.26. The van der Waals surface area contributed by atoms with Gasteiger partial charge in [-0.25, -0.2) is 0 Å². The van der Waals surface area contributed by atoms with Crippen LogP contribution in [0.25, 0.3) is 0 Å². The van der Waals surface area contributed by atoms with Crippen molar-refractivity contribution in [3.8, 4) is 0 Å². The molecule has 3 nitrogen and oxygen atoms in total. The van der Waals surface area contributed by atoms with Crippen LogP contribution in [0.2, 0.25) is 10.0 Å². The molecule has 0 radical (unpaired) electrons. The second-order valence-electron chi connectivity index (χ2n) is 4.90. The van der Waals surface area contributed by atoms with Crippen molar-refractivity contribution in [3.63, 3.8) is 0 Å². The third-order valence-corrected chi connectivity index (χ3v) is 5.78. The minimum Gasteiger partial charge on any atom is -0.356 e. The van der Waals surface area contributed by atoms with Crippen LogP contribution in [0, 0.1) is 0 Å². The molecule has 0 saturated heterocycles. The minimum atomic E-state index is -0.957. The summed E-state index contributed by atoms with van der Waals surface area (Å²) in [4.78, 5) is 10.8. The van der Waals surface area contributed by atoms with Crippen molar-refractivity contribution in [1.29, 1.82) is 0 Å². The van der Waals surface area contributed by atoms with Crippen LogP contribution in [0.15, 0.2) is 12.1 Å². The maximum atomic E-state index is 12.4. The van der Waals surface area contributed by atoms with Crippen LogP contribution in [0.5, 0.6) is 0 Å². The van der Waals surface area contributed by atoms with Gasteiger partial charge in [-0.1, -0.05) is 23.2 Å². The Kier molecular flexibility index (Phi) is 5.47. The first-order valence-corrected chi connectivity index (χ1v) is 8.72.